The molecule has 2 atom stereocenters. The zero-order valence-corrected chi connectivity index (χ0v) is 15.3. The maximum absolute atomic E-state index is 13.3. The Labute approximate surface area is 149 Å². The fourth-order valence-corrected chi connectivity index (χ4v) is 4.21. The number of nitrogens with zero attached hydrogens (tertiary/aromatic N) is 3. The Morgan fingerprint density at radius 1 is 1.12 bits per heavy atom. The van der Waals surface area contributed by atoms with Gasteiger partial charge in [-0.3, -0.25) is 4.79 Å². The van der Waals surface area contributed by atoms with Crippen LogP contribution in [0.1, 0.15) is 50.3 Å². The van der Waals surface area contributed by atoms with E-state index in [0.29, 0.717) is 13.1 Å². The molecule has 2 aliphatic rings. The summed E-state index contributed by atoms with van der Waals surface area (Å²) in [4.78, 5) is 28.9. The van der Waals surface area contributed by atoms with Crippen molar-refractivity contribution in [3.8, 4) is 0 Å². The van der Waals surface area contributed by atoms with Crippen molar-refractivity contribution < 1.29 is 14.3 Å². The molecule has 0 spiro atoms. The third-order valence-corrected chi connectivity index (χ3v) is 5.56. The molecule has 0 N–H and O–H groups in total. The van der Waals surface area contributed by atoms with Gasteiger partial charge in [-0.05, 0) is 37.8 Å². The van der Waals surface area contributed by atoms with Gasteiger partial charge in [0.1, 0.15) is 0 Å². The van der Waals surface area contributed by atoms with E-state index >= 15 is 0 Å². The minimum absolute atomic E-state index is 0.117. The molecular weight excluding hydrogens is 318 g/mol. The van der Waals surface area contributed by atoms with Gasteiger partial charge in [0.25, 0.3) is 0 Å². The average Bonchev–Trinajstić information content (AvgIpc) is 2.92. The lowest BCUT2D eigenvalue weighted by Crippen LogP contribution is -2.47. The first-order valence-electron chi connectivity index (χ1n) is 9.36. The summed E-state index contributed by atoms with van der Waals surface area (Å²) in [5.41, 5.74) is 1.20. The van der Waals surface area contributed by atoms with Gasteiger partial charge < -0.3 is 19.1 Å². The molecule has 3 heterocycles. The van der Waals surface area contributed by atoms with Crippen molar-refractivity contribution in [3.05, 3.63) is 24.0 Å². The summed E-state index contributed by atoms with van der Waals surface area (Å²) in [6.45, 7) is 1.96. The van der Waals surface area contributed by atoms with E-state index in [2.05, 4.69) is 15.5 Å². The average molecular weight is 347 g/mol. The molecule has 2 amide bonds. The summed E-state index contributed by atoms with van der Waals surface area (Å²) < 4.78 is 6.96. The Kier molecular flexibility index (Phi) is 5.66. The Morgan fingerprint density at radius 3 is 2.68 bits per heavy atom. The van der Waals surface area contributed by atoms with Gasteiger partial charge in [0, 0.05) is 38.6 Å². The maximum Gasteiger partial charge on any atom is 0.409 e. The molecule has 0 aromatic carbocycles. The topological polar surface area (TPSA) is 54.8 Å². The van der Waals surface area contributed by atoms with E-state index in [1.165, 1.54) is 19.2 Å². The molecular formula is C19H29N3O3. The van der Waals surface area contributed by atoms with Gasteiger partial charge in [-0.25, -0.2) is 4.79 Å². The third-order valence-electron chi connectivity index (χ3n) is 5.56. The van der Waals surface area contributed by atoms with Crippen molar-refractivity contribution in [2.75, 3.05) is 26.7 Å². The first-order valence-corrected chi connectivity index (χ1v) is 9.36. The molecule has 2 fully saturated rings. The summed E-state index contributed by atoms with van der Waals surface area (Å²) >= 11 is 0. The lowest BCUT2D eigenvalue weighted by atomic mass is 9.95. The largest absolute Gasteiger partial charge is 0.453 e. The van der Waals surface area contributed by atoms with Gasteiger partial charge in [-0.15, -0.1) is 0 Å². The van der Waals surface area contributed by atoms with Gasteiger partial charge in [-0.1, -0.05) is 12.8 Å². The number of aryl methyl sites for hydroxylation is 1. The van der Waals surface area contributed by atoms with E-state index < -0.39 is 0 Å². The molecule has 1 aromatic heterocycles. The van der Waals surface area contributed by atoms with Crippen LogP contribution in [0.15, 0.2) is 18.3 Å². The number of methoxy groups -OCH3 is 1. The summed E-state index contributed by atoms with van der Waals surface area (Å²) in [7, 11) is 3.44. The minimum Gasteiger partial charge on any atom is -0.453 e. The van der Waals surface area contributed by atoms with Crippen molar-refractivity contribution in [1.82, 2.24) is 14.4 Å². The summed E-state index contributed by atoms with van der Waals surface area (Å²) in [5, 5.41) is 0. The van der Waals surface area contributed by atoms with E-state index in [9.17, 15) is 9.59 Å². The second-order valence-corrected chi connectivity index (χ2v) is 7.20. The van der Waals surface area contributed by atoms with Crippen LogP contribution in [0.5, 0.6) is 0 Å². The molecule has 25 heavy (non-hydrogen) atoms. The van der Waals surface area contributed by atoms with Gasteiger partial charge in [0.15, 0.2) is 0 Å². The molecule has 0 bridgehead atoms. The summed E-state index contributed by atoms with van der Waals surface area (Å²) in [6.07, 6.45) is 7.81. The summed E-state index contributed by atoms with van der Waals surface area (Å²) in [6, 6.07) is 4.31. The number of ether oxygens (including phenoxy) is 1. The molecule has 1 aromatic rings. The van der Waals surface area contributed by atoms with Crippen LogP contribution < -0.4 is 0 Å². The van der Waals surface area contributed by atoms with Crippen LogP contribution >= 0.6 is 0 Å². The van der Waals surface area contributed by atoms with E-state index in [-0.39, 0.29) is 24.0 Å². The lowest BCUT2D eigenvalue weighted by molar-refractivity contribution is -0.139. The predicted molar refractivity (Wildman–Crippen MR) is 95.0 cm³/mol. The van der Waals surface area contributed by atoms with Crippen molar-refractivity contribution >= 4 is 12.0 Å². The molecule has 0 saturated carbocycles. The Bertz CT molecular complexity index is 613. The van der Waals surface area contributed by atoms with E-state index in [1.54, 1.807) is 4.90 Å². The van der Waals surface area contributed by atoms with Crippen molar-refractivity contribution in [3.63, 3.8) is 0 Å². The minimum atomic E-state index is -0.327. The van der Waals surface area contributed by atoms with Crippen LogP contribution in [0.3, 0.4) is 0 Å². The molecule has 3 rings (SSSR count). The van der Waals surface area contributed by atoms with Crippen LogP contribution in [-0.4, -0.2) is 53.1 Å². The van der Waals surface area contributed by atoms with Crippen LogP contribution in [0.2, 0.25) is 0 Å². The van der Waals surface area contributed by atoms with Crippen LogP contribution in [-0.2, 0) is 16.6 Å². The summed E-state index contributed by atoms with van der Waals surface area (Å²) in [5.74, 6) is 0.0791. The number of likely N-dealkylation sites (tertiary alicyclic amines) is 2. The smallest absolute Gasteiger partial charge is 0.409 e. The Balaban J connectivity index is 1.78. The molecule has 6 heteroatoms. The van der Waals surface area contributed by atoms with E-state index in [1.807, 2.05) is 19.3 Å². The van der Waals surface area contributed by atoms with Gasteiger partial charge in [0.05, 0.1) is 19.1 Å². The number of carbonyl (C=O) groups excluding carboxylic acids is 2. The molecule has 2 saturated heterocycles. The number of carbonyl (C=O) groups is 2. The van der Waals surface area contributed by atoms with E-state index in [0.717, 1.165) is 38.6 Å². The normalized spacial score (nSPS) is 24.7. The molecule has 0 aliphatic carbocycles. The van der Waals surface area contributed by atoms with Crippen molar-refractivity contribution in [1.29, 1.82) is 0 Å². The highest BCUT2D eigenvalue weighted by Crippen LogP contribution is 2.32. The Morgan fingerprint density at radius 2 is 1.96 bits per heavy atom. The number of piperidine rings is 1. The van der Waals surface area contributed by atoms with Gasteiger partial charge in [0.2, 0.25) is 5.91 Å². The van der Waals surface area contributed by atoms with Crippen LogP contribution in [0.25, 0.3) is 0 Å². The molecule has 2 aliphatic heterocycles. The first-order chi connectivity index (χ1) is 12.1. The number of hydrogen-bond acceptors (Lipinski definition) is 3. The standard InChI is InChI=1S/C19H29N3O3/c1-20-11-7-10-16(20)17-9-4-3-5-13-22(17)18(23)15-8-6-12-21(14-15)19(24)25-2/h7,10-11,15,17H,3-6,8-9,12-14H2,1-2H3. The highest BCUT2D eigenvalue weighted by molar-refractivity contribution is 5.80. The maximum atomic E-state index is 13.3. The van der Waals surface area contributed by atoms with Gasteiger partial charge in [-0.2, -0.15) is 0 Å². The monoisotopic (exact) mass is 347 g/mol. The van der Waals surface area contributed by atoms with Crippen molar-refractivity contribution in [2.45, 2.75) is 44.6 Å². The Hall–Kier alpha value is -1.98. The lowest BCUT2D eigenvalue weighted by Gasteiger charge is -2.37. The third kappa shape index (κ3) is 3.83. The highest BCUT2D eigenvalue weighted by atomic mass is 16.5. The number of hydrogen-bond donors (Lipinski definition) is 0. The van der Waals surface area contributed by atoms with Crippen LogP contribution in [0.4, 0.5) is 4.79 Å². The van der Waals surface area contributed by atoms with E-state index in [4.69, 9.17) is 4.74 Å². The molecule has 0 radical (unpaired) electrons. The highest BCUT2D eigenvalue weighted by Gasteiger charge is 2.35. The van der Waals surface area contributed by atoms with Crippen LogP contribution in [0, 0.1) is 5.92 Å². The molecule has 138 valence electrons. The van der Waals surface area contributed by atoms with Gasteiger partial charge >= 0.3 is 6.09 Å². The number of rotatable bonds is 2. The molecule has 6 nitrogen and oxygen atoms in total. The predicted octanol–water partition coefficient (Wildman–Crippen LogP) is 2.95. The second kappa shape index (κ2) is 7.93. The SMILES string of the molecule is COC(=O)N1CCCC(C(=O)N2CCCCCC2c2cccn2C)C1. The number of aromatic nitrogens is 1. The first kappa shape index (κ1) is 17.8. The second-order valence-electron chi connectivity index (χ2n) is 7.20. The van der Waals surface area contributed by atoms with Crippen molar-refractivity contribution in [2.24, 2.45) is 13.0 Å². The fraction of sp³-hybridized carbons (Fsp3) is 0.684. The zero-order chi connectivity index (χ0) is 17.8. The zero-order valence-electron chi connectivity index (χ0n) is 15.3. The molecule has 2 unspecified atom stereocenters. The number of amides is 2. The fourth-order valence-electron chi connectivity index (χ4n) is 4.21. The quantitative estimate of drug-likeness (QED) is 0.826.